The molecule has 1 aromatic carbocycles. The zero-order valence-electron chi connectivity index (χ0n) is 11.0. The van der Waals surface area contributed by atoms with E-state index in [0.29, 0.717) is 5.58 Å². The number of hydrogen-bond acceptors (Lipinski definition) is 5. The van der Waals surface area contributed by atoms with Gasteiger partial charge in [-0.05, 0) is 32.0 Å². The topological polar surface area (TPSA) is 86.1 Å². The molecule has 7 heteroatoms. The highest BCUT2D eigenvalue weighted by Crippen LogP contribution is 2.27. The lowest BCUT2D eigenvalue weighted by atomic mass is 10.3. The number of nitrogens with zero attached hydrogens (tertiary/aromatic N) is 3. The molecule has 0 fully saturated rings. The van der Waals surface area contributed by atoms with E-state index in [9.17, 15) is 10.1 Å². The van der Waals surface area contributed by atoms with E-state index in [1.807, 2.05) is 26.0 Å². The molecule has 0 aliphatic heterocycles. The molecule has 0 radical (unpaired) electrons. The number of nitro benzene ring substituents is 1. The smallest absolute Gasteiger partial charge is 0.315 e. The highest BCUT2D eigenvalue weighted by molar-refractivity contribution is 5.83. The predicted octanol–water partition coefficient (Wildman–Crippen LogP) is 3.03. The average molecular weight is 272 g/mol. The van der Waals surface area contributed by atoms with Gasteiger partial charge in [0, 0.05) is 17.5 Å². The molecule has 3 aromatic rings. The molecule has 1 N–H and O–H groups in total. The van der Waals surface area contributed by atoms with Gasteiger partial charge >= 0.3 is 6.01 Å². The Labute approximate surface area is 114 Å². The first-order valence-electron chi connectivity index (χ1n) is 6.02. The number of non-ortho nitro benzene ring substituents is 1. The van der Waals surface area contributed by atoms with Crippen LogP contribution in [0, 0.1) is 24.0 Å². The molecule has 0 saturated heterocycles. The molecule has 0 amide bonds. The Kier molecular flexibility index (Phi) is 2.67. The first kappa shape index (κ1) is 12.2. The Bertz CT molecular complexity index is 784. The molecule has 0 aliphatic carbocycles. The molecular weight excluding hydrogens is 260 g/mol. The minimum absolute atomic E-state index is 0.0692. The van der Waals surface area contributed by atoms with E-state index in [0.717, 1.165) is 11.4 Å². The number of fused-ring (bicyclic) bond motifs is 1. The van der Waals surface area contributed by atoms with E-state index >= 15 is 0 Å². The Morgan fingerprint density at radius 1 is 1.25 bits per heavy atom. The van der Waals surface area contributed by atoms with E-state index in [1.54, 1.807) is 16.8 Å². The molecule has 102 valence electrons. The third kappa shape index (κ3) is 1.89. The Hall–Kier alpha value is -2.83. The fraction of sp³-hybridized carbons (Fsp3) is 0.154. The van der Waals surface area contributed by atoms with Crippen molar-refractivity contribution in [2.75, 3.05) is 5.43 Å². The largest absolute Gasteiger partial charge is 0.422 e. The molecule has 7 nitrogen and oxygen atoms in total. The van der Waals surface area contributed by atoms with Crippen LogP contribution in [0.3, 0.4) is 0 Å². The highest BCUT2D eigenvalue weighted by atomic mass is 16.6. The Balaban J connectivity index is 2.06. The van der Waals surface area contributed by atoms with Gasteiger partial charge in [-0.25, -0.2) is 5.43 Å². The van der Waals surface area contributed by atoms with Crippen LogP contribution in [0.5, 0.6) is 0 Å². The van der Waals surface area contributed by atoms with Crippen LogP contribution in [0.1, 0.15) is 11.4 Å². The zero-order chi connectivity index (χ0) is 14.3. The van der Waals surface area contributed by atoms with Crippen LogP contribution in [0.2, 0.25) is 0 Å². The van der Waals surface area contributed by atoms with E-state index in [2.05, 4.69) is 10.4 Å². The summed E-state index contributed by atoms with van der Waals surface area (Å²) in [7, 11) is 0. The maximum absolute atomic E-state index is 10.9. The van der Waals surface area contributed by atoms with Crippen LogP contribution in [0.15, 0.2) is 34.7 Å². The summed E-state index contributed by atoms with van der Waals surface area (Å²) >= 11 is 0. The number of hydrogen-bond donors (Lipinski definition) is 1. The van der Waals surface area contributed by atoms with Gasteiger partial charge in [0.2, 0.25) is 0 Å². The lowest BCUT2D eigenvalue weighted by Crippen LogP contribution is -2.12. The minimum Gasteiger partial charge on any atom is -0.422 e. The number of para-hydroxylation sites is 1. The second-order valence-electron chi connectivity index (χ2n) is 4.46. The van der Waals surface area contributed by atoms with Gasteiger partial charge < -0.3 is 4.42 Å². The lowest BCUT2D eigenvalue weighted by molar-refractivity contribution is -0.383. The van der Waals surface area contributed by atoms with Crippen molar-refractivity contribution in [3.8, 4) is 0 Å². The average Bonchev–Trinajstić information content (AvgIpc) is 2.95. The summed E-state index contributed by atoms with van der Waals surface area (Å²) in [6.07, 6.45) is 0. The molecular formula is C13H12N4O3. The third-order valence-electron chi connectivity index (χ3n) is 3.07. The molecule has 2 heterocycles. The van der Waals surface area contributed by atoms with E-state index in [4.69, 9.17) is 4.42 Å². The van der Waals surface area contributed by atoms with Crippen molar-refractivity contribution in [3.05, 3.63) is 51.8 Å². The number of oxazole rings is 1. The third-order valence-corrected chi connectivity index (χ3v) is 3.07. The van der Waals surface area contributed by atoms with Gasteiger partial charge in [-0.3, -0.25) is 14.8 Å². The maximum atomic E-state index is 10.9. The summed E-state index contributed by atoms with van der Waals surface area (Å²) in [5.41, 5.74) is 5.51. The van der Waals surface area contributed by atoms with Crippen LogP contribution in [-0.4, -0.2) is 14.6 Å². The van der Waals surface area contributed by atoms with Gasteiger partial charge in [-0.2, -0.15) is 4.98 Å². The summed E-state index contributed by atoms with van der Waals surface area (Å²) in [6.45, 7) is 3.87. The van der Waals surface area contributed by atoms with Crippen LogP contribution < -0.4 is 5.43 Å². The first-order chi connectivity index (χ1) is 9.56. The van der Waals surface area contributed by atoms with Crippen molar-refractivity contribution in [1.82, 2.24) is 9.66 Å². The van der Waals surface area contributed by atoms with Crippen molar-refractivity contribution < 1.29 is 9.34 Å². The van der Waals surface area contributed by atoms with Gasteiger partial charge in [0.25, 0.3) is 5.69 Å². The molecule has 0 atom stereocenters. The summed E-state index contributed by atoms with van der Waals surface area (Å²) in [5, 5.41) is 10.9. The van der Waals surface area contributed by atoms with Crippen LogP contribution >= 0.6 is 0 Å². The SMILES string of the molecule is Cc1ccc(C)n1Nc1nc2c([N+](=O)[O-])cccc2o1. The predicted molar refractivity (Wildman–Crippen MR) is 73.6 cm³/mol. The van der Waals surface area contributed by atoms with Gasteiger partial charge in [0.05, 0.1) is 4.92 Å². The highest BCUT2D eigenvalue weighted by Gasteiger charge is 2.17. The number of nitrogens with one attached hydrogen (secondary N) is 1. The number of benzene rings is 1. The van der Waals surface area contributed by atoms with Gasteiger partial charge in [-0.15, -0.1) is 0 Å². The van der Waals surface area contributed by atoms with E-state index in [1.165, 1.54) is 6.07 Å². The monoisotopic (exact) mass is 272 g/mol. The van der Waals surface area contributed by atoms with E-state index in [-0.39, 0.29) is 17.2 Å². The molecule has 0 saturated carbocycles. The van der Waals surface area contributed by atoms with Crippen LogP contribution in [-0.2, 0) is 0 Å². The Morgan fingerprint density at radius 2 is 1.95 bits per heavy atom. The van der Waals surface area contributed by atoms with Crippen LogP contribution in [0.4, 0.5) is 11.7 Å². The van der Waals surface area contributed by atoms with Crippen molar-refractivity contribution >= 4 is 22.8 Å². The fourth-order valence-corrected chi connectivity index (χ4v) is 2.07. The van der Waals surface area contributed by atoms with Gasteiger partial charge in [0.15, 0.2) is 11.1 Å². The number of aromatic nitrogens is 2. The number of rotatable bonds is 3. The second-order valence-corrected chi connectivity index (χ2v) is 4.46. The molecule has 2 aromatic heterocycles. The van der Waals surface area contributed by atoms with Crippen molar-refractivity contribution in [2.45, 2.75) is 13.8 Å². The zero-order valence-corrected chi connectivity index (χ0v) is 11.0. The molecule has 0 bridgehead atoms. The number of aryl methyl sites for hydroxylation is 2. The quantitative estimate of drug-likeness (QED) is 0.585. The number of anilines is 1. The van der Waals surface area contributed by atoms with Crippen LogP contribution in [0.25, 0.3) is 11.1 Å². The molecule has 0 aliphatic rings. The molecule has 3 rings (SSSR count). The second kappa shape index (κ2) is 4.37. The standard InChI is InChI=1S/C13H12N4O3/c1-8-6-7-9(2)16(8)15-13-14-12-10(17(18)19)4-3-5-11(12)20-13/h3-7H,1-2H3,(H,14,15). The summed E-state index contributed by atoms with van der Waals surface area (Å²) in [6, 6.07) is 8.75. The molecule has 0 spiro atoms. The minimum atomic E-state index is -0.471. The normalized spacial score (nSPS) is 10.9. The molecule has 0 unspecified atom stereocenters. The van der Waals surface area contributed by atoms with Crippen molar-refractivity contribution in [3.63, 3.8) is 0 Å². The maximum Gasteiger partial charge on any atom is 0.315 e. The van der Waals surface area contributed by atoms with Crippen molar-refractivity contribution in [1.29, 1.82) is 0 Å². The van der Waals surface area contributed by atoms with Crippen molar-refractivity contribution in [2.24, 2.45) is 0 Å². The number of nitro groups is 1. The summed E-state index contributed by atoms with van der Waals surface area (Å²) in [4.78, 5) is 14.6. The first-order valence-corrected chi connectivity index (χ1v) is 6.02. The van der Waals surface area contributed by atoms with Gasteiger partial charge in [0.1, 0.15) is 0 Å². The Morgan fingerprint density at radius 3 is 2.60 bits per heavy atom. The summed E-state index contributed by atoms with van der Waals surface area (Å²) in [5.74, 6) is 0. The van der Waals surface area contributed by atoms with E-state index < -0.39 is 4.92 Å². The molecule has 20 heavy (non-hydrogen) atoms. The summed E-state index contributed by atoms with van der Waals surface area (Å²) < 4.78 is 7.30. The fourth-order valence-electron chi connectivity index (χ4n) is 2.07. The lowest BCUT2D eigenvalue weighted by Gasteiger charge is -2.07. The van der Waals surface area contributed by atoms with Gasteiger partial charge in [-0.1, -0.05) is 6.07 Å².